The Morgan fingerprint density at radius 3 is 2.94 bits per heavy atom. The van der Waals surface area contributed by atoms with Crippen molar-refractivity contribution >= 4 is 22.5 Å². The maximum Gasteiger partial charge on any atom is 0.252 e. The lowest BCUT2D eigenvalue weighted by atomic mass is 10.2. The Balaban J connectivity index is 2.74. The molecule has 1 amide bonds. The highest BCUT2D eigenvalue weighted by atomic mass is 32.2. The number of amides is 1. The van der Waals surface area contributed by atoms with Gasteiger partial charge in [0.15, 0.2) is 0 Å². The molecule has 5 nitrogen and oxygen atoms in total. The molecule has 16 heavy (non-hydrogen) atoms. The zero-order valence-electron chi connectivity index (χ0n) is 9.27. The summed E-state index contributed by atoms with van der Waals surface area (Å²) in [4.78, 5) is 15.1. The third-order valence-electron chi connectivity index (χ3n) is 2.20. The van der Waals surface area contributed by atoms with E-state index in [1.165, 1.54) is 0 Å². The first-order valence-electron chi connectivity index (χ1n) is 4.83. The second kappa shape index (κ2) is 5.60. The Hall–Kier alpha value is -1.43. The lowest BCUT2D eigenvalue weighted by molar-refractivity contribution is 0.100. The predicted molar refractivity (Wildman–Crippen MR) is 64.8 cm³/mol. The van der Waals surface area contributed by atoms with Crippen LogP contribution in [-0.2, 0) is 10.8 Å². The molecule has 1 heterocycles. The predicted octanol–water partition coefficient (Wildman–Crippen LogP) is 0.359. The average Bonchev–Trinajstić information content (AvgIpc) is 2.25. The van der Waals surface area contributed by atoms with Crippen LogP contribution in [0, 0.1) is 0 Å². The quantitative estimate of drug-likeness (QED) is 0.779. The summed E-state index contributed by atoms with van der Waals surface area (Å²) in [6.07, 6.45) is 3.21. The van der Waals surface area contributed by atoms with Gasteiger partial charge in [0.05, 0.1) is 5.56 Å². The topological polar surface area (TPSA) is 85.1 Å². The highest BCUT2D eigenvalue weighted by Crippen LogP contribution is 2.10. The highest BCUT2D eigenvalue weighted by Gasteiger charge is 2.10. The Morgan fingerprint density at radius 2 is 2.38 bits per heavy atom. The van der Waals surface area contributed by atoms with Gasteiger partial charge in [-0.1, -0.05) is 0 Å². The average molecular weight is 241 g/mol. The van der Waals surface area contributed by atoms with Crippen LogP contribution in [0.3, 0.4) is 0 Å². The number of carbonyl (C=O) groups is 1. The van der Waals surface area contributed by atoms with Crippen molar-refractivity contribution in [3.05, 3.63) is 23.9 Å². The van der Waals surface area contributed by atoms with E-state index in [1.54, 1.807) is 24.6 Å². The van der Waals surface area contributed by atoms with E-state index in [9.17, 15) is 9.00 Å². The second-order valence-electron chi connectivity index (χ2n) is 3.45. The first kappa shape index (κ1) is 12.6. The van der Waals surface area contributed by atoms with Gasteiger partial charge in [-0.2, -0.15) is 0 Å². The van der Waals surface area contributed by atoms with Gasteiger partial charge in [0.2, 0.25) is 0 Å². The van der Waals surface area contributed by atoms with Crippen LogP contribution in [0.1, 0.15) is 17.3 Å². The minimum Gasteiger partial charge on any atom is -0.368 e. The van der Waals surface area contributed by atoms with Crippen LogP contribution in [0.2, 0.25) is 0 Å². The van der Waals surface area contributed by atoms with Crippen LogP contribution >= 0.6 is 0 Å². The normalized spacial score (nSPS) is 14.1. The number of hydrogen-bond acceptors (Lipinski definition) is 4. The van der Waals surface area contributed by atoms with E-state index in [2.05, 4.69) is 10.3 Å². The molecule has 0 radical (unpaired) electrons. The fourth-order valence-corrected chi connectivity index (χ4v) is 1.42. The fraction of sp³-hybridized carbons (Fsp3) is 0.400. The molecule has 6 heteroatoms. The van der Waals surface area contributed by atoms with E-state index in [1.807, 2.05) is 6.92 Å². The number of rotatable bonds is 5. The molecule has 0 aromatic carbocycles. The van der Waals surface area contributed by atoms with Gasteiger partial charge in [0.25, 0.3) is 5.91 Å². The van der Waals surface area contributed by atoms with Crippen molar-refractivity contribution in [1.29, 1.82) is 0 Å². The van der Waals surface area contributed by atoms with Crippen LogP contribution in [0.5, 0.6) is 0 Å². The molecule has 0 saturated heterocycles. The van der Waals surface area contributed by atoms with Crippen molar-refractivity contribution in [3.63, 3.8) is 0 Å². The van der Waals surface area contributed by atoms with Gasteiger partial charge in [-0.05, 0) is 19.1 Å². The monoisotopic (exact) mass is 241 g/mol. The summed E-state index contributed by atoms with van der Waals surface area (Å²) >= 11 is 0. The molecule has 2 unspecified atom stereocenters. The molecule has 88 valence electrons. The third kappa shape index (κ3) is 3.30. The Morgan fingerprint density at radius 1 is 1.69 bits per heavy atom. The van der Waals surface area contributed by atoms with E-state index in [4.69, 9.17) is 5.73 Å². The minimum absolute atomic E-state index is 0.0114. The molecule has 0 aliphatic rings. The molecule has 0 bridgehead atoms. The van der Waals surface area contributed by atoms with Crippen molar-refractivity contribution in [3.8, 4) is 0 Å². The zero-order valence-corrected chi connectivity index (χ0v) is 10.1. The van der Waals surface area contributed by atoms with Crippen molar-refractivity contribution in [2.45, 2.75) is 12.2 Å². The number of nitrogens with one attached hydrogen (secondary N) is 1. The van der Waals surface area contributed by atoms with E-state index in [0.29, 0.717) is 17.9 Å². The summed E-state index contributed by atoms with van der Waals surface area (Å²) in [5, 5.41) is 2.96. The van der Waals surface area contributed by atoms with Gasteiger partial charge in [-0.15, -0.1) is 0 Å². The molecular formula is C10H15N3O2S. The lowest BCUT2D eigenvalue weighted by Gasteiger charge is -2.12. The van der Waals surface area contributed by atoms with Crippen LogP contribution in [0.4, 0.5) is 5.82 Å². The van der Waals surface area contributed by atoms with E-state index >= 15 is 0 Å². The van der Waals surface area contributed by atoms with Crippen molar-refractivity contribution in [2.75, 3.05) is 18.1 Å². The summed E-state index contributed by atoms with van der Waals surface area (Å²) in [6, 6.07) is 3.25. The summed E-state index contributed by atoms with van der Waals surface area (Å²) in [5.41, 5.74) is 5.55. The number of hydrogen-bond donors (Lipinski definition) is 2. The number of anilines is 1. The molecule has 0 aliphatic carbocycles. The highest BCUT2D eigenvalue weighted by molar-refractivity contribution is 7.84. The number of primary amides is 1. The smallest absolute Gasteiger partial charge is 0.252 e. The second-order valence-corrected chi connectivity index (χ2v) is 5.26. The standard InChI is InChI=1S/C10H15N3O2S/c1-7(16(2)15)6-13-10-8(9(11)14)4-3-5-12-10/h3-5,7H,6H2,1-2H3,(H2,11,14)(H,12,13). The van der Waals surface area contributed by atoms with Crippen LogP contribution in [0.15, 0.2) is 18.3 Å². The maximum atomic E-state index is 11.1. The maximum absolute atomic E-state index is 11.1. The SMILES string of the molecule is CC(CNc1ncccc1C(N)=O)S(C)=O. The van der Waals surface area contributed by atoms with E-state index in [-0.39, 0.29) is 5.25 Å². The zero-order chi connectivity index (χ0) is 12.1. The molecule has 0 fully saturated rings. The molecule has 2 atom stereocenters. The van der Waals surface area contributed by atoms with Crippen molar-refractivity contribution < 1.29 is 9.00 Å². The van der Waals surface area contributed by atoms with E-state index in [0.717, 1.165) is 0 Å². The fourth-order valence-electron chi connectivity index (χ4n) is 1.10. The molecular weight excluding hydrogens is 226 g/mol. The molecule has 1 rings (SSSR count). The van der Waals surface area contributed by atoms with Crippen molar-refractivity contribution in [1.82, 2.24) is 4.98 Å². The Kier molecular flexibility index (Phi) is 4.42. The van der Waals surface area contributed by atoms with E-state index < -0.39 is 16.7 Å². The number of pyridine rings is 1. The van der Waals surface area contributed by atoms with Gasteiger partial charge in [0, 0.05) is 35.0 Å². The lowest BCUT2D eigenvalue weighted by Crippen LogP contribution is -2.23. The summed E-state index contributed by atoms with van der Waals surface area (Å²) in [7, 11) is -0.908. The van der Waals surface area contributed by atoms with Gasteiger partial charge >= 0.3 is 0 Å². The summed E-state index contributed by atoms with van der Waals surface area (Å²) in [6.45, 7) is 2.34. The van der Waals surface area contributed by atoms with Gasteiger partial charge in [0.1, 0.15) is 5.82 Å². The molecule has 1 aromatic rings. The van der Waals surface area contributed by atoms with Crippen molar-refractivity contribution in [2.24, 2.45) is 5.73 Å². The first-order chi connectivity index (χ1) is 7.52. The first-order valence-corrected chi connectivity index (χ1v) is 6.45. The third-order valence-corrected chi connectivity index (χ3v) is 3.50. The number of aromatic nitrogens is 1. The molecule has 3 N–H and O–H groups in total. The van der Waals surface area contributed by atoms with Crippen LogP contribution in [0.25, 0.3) is 0 Å². The van der Waals surface area contributed by atoms with Crippen LogP contribution in [-0.4, -0.2) is 33.2 Å². The summed E-state index contributed by atoms with van der Waals surface area (Å²) < 4.78 is 11.1. The number of nitrogens with two attached hydrogens (primary N) is 1. The van der Waals surface area contributed by atoms with Gasteiger partial charge < -0.3 is 11.1 Å². The number of carbonyl (C=O) groups excluding carboxylic acids is 1. The molecule has 1 aromatic heterocycles. The largest absolute Gasteiger partial charge is 0.368 e. The summed E-state index contributed by atoms with van der Waals surface area (Å²) in [5.74, 6) is -0.0897. The minimum atomic E-state index is -0.908. The molecule has 0 aliphatic heterocycles. The van der Waals surface area contributed by atoms with Gasteiger partial charge in [-0.3, -0.25) is 9.00 Å². The Bertz CT molecular complexity index is 409. The Labute approximate surface area is 96.9 Å². The molecule has 0 spiro atoms. The number of nitrogens with zero attached hydrogens (tertiary/aromatic N) is 1. The molecule has 0 saturated carbocycles. The van der Waals surface area contributed by atoms with Crippen LogP contribution < -0.4 is 11.1 Å². The van der Waals surface area contributed by atoms with Gasteiger partial charge in [-0.25, -0.2) is 4.98 Å².